The Balaban J connectivity index is 1.46. The molecule has 23 heavy (non-hydrogen) atoms. The van der Waals surface area contributed by atoms with E-state index < -0.39 is 5.82 Å². The molecule has 0 bridgehead atoms. The van der Waals surface area contributed by atoms with Gasteiger partial charge < -0.3 is 19.7 Å². The number of carbonyl (C=O) groups excluding carboxylic acids is 1. The molecule has 1 N–H and O–H groups in total. The Morgan fingerprint density at radius 3 is 2.96 bits per heavy atom. The minimum absolute atomic E-state index is 0.00857. The number of anilines is 1. The maximum atomic E-state index is 12.9. The van der Waals surface area contributed by atoms with E-state index in [1.54, 1.807) is 7.11 Å². The Hall–Kier alpha value is -1.80. The van der Waals surface area contributed by atoms with Gasteiger partial charge in [0.25, 0.3) is 0 Å². The number of methoxy groups -OCH3 is 1. The molecule has 0 spiro atoms. The predicted octanol–water partition coefficient (Wildman–Crippen LogP) is 0.362. The molecular formula is C15H21FN4O3. The average Bonchev–Trinajstić information content (AvgIpc) is 3.06. The number of carbonyl (C=O) groups is 1. The van der Waals surface area contributed by atoms with Gasteiger partial charge in [-0.1, -0.05) is 0 Å². The topological polar surface area (TPSA) is 76.6 Å². The smallest absolute Gasteiger partial charge is 0.225 e. The third-order valence-electron chi connectivity index (χ3n) is 4.24. The number of halogens is 1. The van der Waals surface area contributed by atoms with E-state index in [-0.39, 0.29) is 18.1 Å². The Morgan fingerprint density at radius 1 is 1.48 bits per heavy atom. The summed E-state index contributed by atoms with van der Waals surface area (Å²) < 4.78 is 23.7. The number of hydrogen-bond acceptors (Lipinski definition) is 6. The van der Waals surface area contributed by atoms with Gasteiger partial charge in [0.2, 0.25) is 11.9 Å². The first kappa shape index (κ1) is 16.1. The Kier molecular flexibility index (Phi) is 5.02. The molecule has 1 aromatic heterocycles. The molecule has 2 fully saturated rings. The average molecular weight is 324 g/mol. The van der Waals surface area contributed by atoms with Crippen molar-refractivity contribution >= 4 is 11.9 Å². The van der Waals surface area contributed by atoms with E-state index in [1.807, 2.05) is 4.90 Å². The van der Waals surface area contributed by atoms with Gasteiger partial charge in [-0.3, -0.25) is 4.79 Å². The van der Waals surface area contributed by atoms with E-state index in [0.717, 1.165) is 13.0 Å². The molecule has 3 atom stereocenters. The second-order valence-electron chi connectivity index (χ2n) is 5.95. The molecule has 2 saturated heterocycles. The van der Waals surface area contributed by atoms with Crippen LogP contribution in [0.5, 0.6) is 0 Å². The van der Waals surface area contributed by atoms with Gasteiger partial charge in [0.15, 0.2) is 5.82 Å². The zero-order valence-corrected chi connectivity index (χ0v) is 13.1. The maximum absolute atomic E-state index is 12.9. The highest BCUT2D eigenvalue weighted by molar-refractivity contribution is 5.76. The third-order valence-corrected chi connectivity index (χ3v) is 4.24. The van der Waals surface area contributed by atoms with Crippen LogP contribution in [0.2, 0.25) is 0 Å². The fraction of sp³-hybridized carbons (Fsp3) is 0.667. The molecule has 0 aromatic carbocycles. The van der Waals surface area contributed by atoms with Crippen molar-refractivity contribution in [3.8, 4) is 0 Å². The van der Waals surface area contributed by atoms with Crippen LogP contribution >= 0.6 is 0 Å². The SMILES string of the molecule is COCCNC(=O)C[C@@H]1C[C@@H]2CN(c3ncc(F)cn3)C[C@@H]2O1. The maximum Gasteiger partial charge on any atom is 0.225 e. The first-order valence-electron chi connectivity index (χ1n) is 7.79. The standard InChI is InChI=1S/C15H21FN4O3/c1-22-3-2-17-14(21)5-12-4-10-8-20(9-13(10)23-12)15-18-6-11(16)7-19-15/h6-7,10,12-13H,2-5,8-9H2,1H3,(H,17,21)/t10-,12+,13+/m1/s1. The number of rotatable bonds is 6. The summed E-state index contributed by atoms with van der Waals surface area (Å²) in [7, 11) is 1.60. The number of aromatic nitrogens is 2. The predicted molar refractivity (Wildman–Crippen MR) is 80.5 cm³/mol. The Bertz CT molecular complexity index is 528. The van der Waals surface area contributed by atoms with Gasteiger partial charge in [0.1, 0.15) is 0 Å². The van der Waals surface area contributed by atoms with Crippen LogP contribution in [0, 0.1) is 11.7 Å². The molecule has 1 amide bonds. The van der Waals surface area contributed by atoms with Gasteiger partial charge in [-0.15, -0.1) is 0 Å². The molecular weight excluding hydrogens is 303 g/mol. The highest BCUT2D eigenvalue weighted by Crippen LogP contribution is 2.35. The van der Waals surface area contributed by atoms with Crippen LogP contribution in [-0.4, -0.2) is 61.4 Å². The van der Waals surface area contributed by atoms with Gasteiger partial charge in [-0.2, -0.15) is 0 Å². The monoisotopic (exact) mass is 324 g/mol. The molecule has 8 heteroatoms. The second kappa shape index (κ2) is 7.18. The molecule has 2 aliphatic rings. The lowest BCUT2D eigenvalue weighted by Crippen LogP contribution is -2.31. The summed E-state index contributed by atoms with van der Waals surface area (Å²) >= 11 is 0. The highest BCUT2D eigenvalue weighted by Gasteiger charge is 2.43. The lowest BCUT2D eigenvalue weighted by atomic mass is 10.0. The van der Waals surface area contributed by atoms with Crippen LogP contribution in [0.1, 0.15) is 12.8 Å². The van der Waals surface area contributed by atoms with E-state index in [4.69, 9.17) is 9.47 Å². The summed E-state index contributed by atoms with van der Waals surface area (Å²) in [5.74, 6) is 0.438. The summed E-state index contributed by atoms with van der Waals surface area (Å²) in [6.07, 6.45) is 3.61. The minimum atomic E-state index is -0.441. The quantitative estimate of drug-likeness (QED) is 0.762. The molecule has 3 heterocycles. The number of ether oxygens (including phenoxy) is 2. The minimum Gasteiger partial charge on any atom is -0.383 e. The zero-order chi connectivity index (χ0) is 16.2. The number of nitrogens with one attached hydrogen (secondary N) is 1. The van der Waals surface area contributed by atoms with E-state index >= 15 is 0 Å². The molecule has 0 aliphatic carbocycles. The number of amides is 1. The van der Waals surface area contributed by atoms with Crippen molar-refractivity contribution < 1.29 is 18.7 Å². The molecule has 1 aromatic rings. The van der Waals surface area contributed by atoms with E-state index in [0.29, 0.717) is 38.0 Å². The fourth-order valence-electron chi connectivity index (χ4n) is 3.20. The third kappa shape index (κ3) is 3.94. The summed E-state index contributed by atoms with van der Waals surface area (Å²) in [4.78, 5) is 21.8. The van der Waals surface area contributed by atoms with Crippen molar-refractivity contribution in [3.05, 3.63) is 18.2 Å². The van der Waals surface area contributed by atoms with Crippen molar-refractivity contribution in [1.29, 1.82) is 0 Å². The lowest BCUT2D eigenvalue weighted by molar-refractivity contribution is -0.123. The van der Waals surface area contributed by atoms with E-state index in [9.17, 15) is 9.18 Å². The fourth-order valence-corrected chi connectivity index (χ4v) is 3.20. The molecule has 126 valence electrons. The van der Waals surface area contributed by atoms with Crippen molar-refractivity contribution in [2.24, 2.45) is 5.92 Å². The molecule has 0 unspecified atom stereocenters. The summed E-state index contributed by atoms with van der Waals surface area (Å²) in [6, 6.07) is 0. The van der Waals surface area contributed by atoms with Crippen LogP contribution in [0.4, 0.5) is 10.3 Å². The summed E-state index contributed by atoms with van der Waals surface area (Å²) in [6.45, 7) is 2.48. The van der Waals surface area contributed by atoms with Crippen LogP contribution < -0.4 is 10.2 Å². The summed E-state index contributed by atoms with van der Waals surface area (Å²) in [5, 5.41) is 2.81. The normalized spacial score (nSPS) is 26.3. The van der Waals surface area contributed by atoms with Crippen molar-refractivity contribution in [2.45, 2.75) is 25.0 Å². The molecule has 2 aliphatic heterocycles. The zero-order valence-electron chi connectivity index (χ0n) is 13.1. The first-order valence-corrected chi connectivity index (χ1v) is 7.79. The van der Waals surface area contributed by atoms with Crippen LogP contribution in [-0.2, 0) is 14.3 Å². The Labute approximate surface area is 134 Å². The molecule has 3 rings (SSSR count). The van der Waals surface area contributed by atoms with Gasteiger partial charge >= 0.3 is 0 Å². The van der Waals surface area contributed by atoms with Crippen LogP contribution in [0.15, 0.2) is 12.4 Å². The number of nitrogens with zero attached hydrogens (tertiary/aromatic N) is 3. The Morgan fingerprint density at radius 2 is 2.26 bits per heavy atom. The van der Waals surface area contributed by atoms with Gasteiger partial charge in [0.05, 0.1) is 37.6 Å². The second-order valence-corrected chi connectivity index (χ2v) is 5.95. The molecule has 7 nitrogen and oxygen atoms in total. The largest absolute Gasteiger partial charge is 0.383 e. The molecule has 0 radical (unpaired) electrons. The first-order chi connectivity index (χ1) is 11.2. The number of hydrogen-bond donors (Lipinski definition) is 1. The van der Waals surface area contributed by atoms with E-state index in [1.165, 1.54) is 12.4 Å². The van der Waals surface area contributed by atoms with Crippen molar-refractivity contribution in [1.82, 2.24) is 15.3 Å². The van der Waals surface area contributed by atoms with Gasteiger partial charge in [-0.05, 0) is 6.42 Å². The van der Waals surface area contributed by atoms with E-state index in [2.05, 4.69) is 15.3 Å². The van der Waals surface area contributed by atoms with Gasteiger partial charge in [0, 0.05) is 32.7 Å². The van der Waals surface area contributed by atoms with Crippen molar-refractivity contribution in [3.63, 3.8) is 0 Å². The van der Waals surface area contributed by atoms with Crippen LogP contribution in [0.25, 0.3) is 0 Å². The highest BCUT2D eigenvalue weighted by atomic mass is 19.1. The van der Waals surface area contributed by atoms with Crippen LogP contribution in [0.3, 0.4) is 0 Å². The molecule has 0 saturated carbocycles. The van der Waals surface area contributed by atoms with Gasteiger partial charge in [-0.25, -0.2) is 14.4 Å². The van der Waals surface area contributed by atoms with Crippen molar-refractivity contribution in [2.75, 3.05) is 38.3 Å². The lowest BCUT2D eigenvalue weighted by Gasteiger charge is -2.19. The number of fused-ring (bicyclic) bond motifs is 1. The summed E-state index contributed by atoms with van der Waals surface area (Å²) in [5.41, 5.74) is 0.